The number of nitrogens with one attached hydrogen (secondary N) is 2. The molecule has 0 radical (unpaired) electrons. The molecule has 0 unspecified atom stereocenters. The first-order valence-electron chi connectivity index (χ1n) is 10.4. The second kappa shape index (κ2) is 11.0. The van der Waals surface area contributed by atoms with E-state index in [-0.39, 0.29) is 0 Å². The third-order valence-corrected chi connectivity index (χ3v) is 5.05. The molecule has 3 rings (SSSR count). The average molecular weight is 409 g/mol. The predicted molar refractivity (Wildman–Crippen MR) is 122 cm³/mol. The van der Waals surface area contributed by atoms with Crippen LogP contribution < -0.4 is 15.5 Å². The van der Waals surface area contributed by atoms with Crippen LogP contribution in [0.3, 0.4) is 0 Å². The Balaban J connectivity index is 1.50. The predicted octanol–water partition coefficient (Wildman–Crippen LogP) is 2.19. The van der Waals surface area contributed by atoms with Crippen LogP contribution in [0.25, 0.3) is 0 Å². The molecule has 8 nitrogen and oxygen atoms in total. The highest BCUT2D eigenvalue weighted by molar-refractivity contribution is 5.79. The van der Waals surface area contributed by atoms with Gasteiger partial charge in [0.05, 0.1) is 0 Å². The Bertz CT molecular complexity index is 899. The Morgan fingerprint density at radius 3 is 2.47 bits per heavy atom. The van der Waals surface area contributed by atoms with Crippen molar-refractivity contribution in [1.29, 1.82) is 0 Å². The number of aryl methyl sites for hydroxylation is 1. The smallest absolute Gasteiger partial charge is 0.191 e. The molecule has 0 aliphatic carbocycles. The van der Waals surface area contributed by atoms with E-state index >= 15 is 0 Å². The Hall–Kier alpha value is -3.29. The summed E-state index contributed by atoms with van der Waals surface area (Å²) in [5.74, 6) is 2.53. The van der Waals surface area contributed by atoms with Gasteiger partial charge in [0, 0.05) is 58.4 Å². The Morgan fingerprint density at radius 1 is 1.03 bits per heavy atom. The second-order valence-corrected chi connectivity index (χ2v) is 7.27. The number of rotatable bonds is 10. The van der Waals surface area contributed by atoms with Gasteiger partial charge in [-0.1, -0.05) is 18.2 Å². The molecule has 2 N–H and O–H groups in total. The van der Waals surface area contributed by atoms with Crippen molar-refractivity contribution < 1.29 is 0 Å². The molecule has 3 aromatic rings. The van der Waals surface area contributed by atoms with Crippen molar-refractivity contribution in [2.45, 2.75) is 26.4 Å². The molecule has 0 amide bonds. The Labute approximate surface area is 178 Å². The molecule has 0 bridgehead atoms. The van der Waals surface area contributed by atoms with Gasteiger partial charge >= 0.3 is 0 Å². The topological polar surface area (TPSA) is 75.3 Å². The maximum absolute atomic E-state index is 4.71. The maximum Gasteiger partial charge on any atom is 0.191 e. The van der Waals surface area contributed by atoms with Gasteiger partial charge in [-0.3, -0.25) is 0 Å². The molecule has 30 heavy (non-hydrogen) atoms. The standard InChI is InChI=1S/C22H32N8/c1-19-26-27-21(29(19)3)18-25-22(24-13-17-30-15-7-8-16-30)23-12-9-14-28(2)20-10-5-4-6-11-20/h4-8,10-11,15-16H,9,12-14,17-18H2,1-3H3,(H2,23,24,25). The SMILES string of the molecule is Cc1nnc(CN=C(NCCCN(C)c2ccccc2)NCCn2cccc2)n1C. The Morgan fingerprint density at radius 2 is 1.77 bits per heavy atom. The first-order valence-corrected chi connectivity index (χ1v) is 10.4. The minimum atomic E-state index is 0.486. The van der Waals surface area contributed by atoms with E-state index in [4.69, 9.17) is 4.99 Å². The summed E-state index contributed by atoms with van der Waals surface area (Å²) in [5.41, 5.74) is 1.23. The summed E-state index contributed by atoms with van der Waals surface area (Å²) in [4.78, 5) is 6.97. The van der Waals surface area contributed by atoms with Crippen LogP contribution in [0.1, 0.15) is 18.1 Å². The van der Waals surface area contributed by atoms with E-state index in [1.807, 2.05) is 36.7 Å². The van der Waals surface area contributed by atoms with Crippen molar-refractivity contribution >= 4 is 11.6 Å². The highest BCUT2D eigenvalue weighted by Gasteiger charge is 2.06. The molecular formula is C22H32N8. The van der Waals surface area contributed by atoms with E-state index in [1.54, 1.807) is 0 Å². The zero-order valence-electron chi connectivity index (χ0n) is 18.1. The van der Waals surface area contributed by atoms with E-state index in [2.05, 4.69) is 74.0 Å². The van der Waals surface area contributed by atoms with Crippen molar-refractivity contribution in [3.8, 4) is 0 Å². The largest absolute Gasteiger partial charge is 0.375 e. The number of benzene rings is 1. The monoisotopic (exact) mass is 408 g/mol. The Kier molecular flexibility index (Phi) is 7.88. The quantitative estimate of drug-likeness (QED) is 0.306. The summed E-state index contributed by atoms with van der Waals surface area (Å²) in [7, 11) is 4.09. The molecule has 1 aromatic carbocycles. The second-order valence-electron chi connectivity index (χ2n) is 7.27. The molecule has 8 heteroatoms. The minimum Gasteiger partial charge on any atom is -0.375 e. The van der Waals surface area contributed by atoms with Gasteiger partial charge in [-0.25, -0.2) is 4.99 Å². The van der Waals surface area contributed by atoms with Crippen LogP contribution in [0.2, 0.25) is 0 Å². The van der Waals surface area contributed by atoms with Gasteiger partial charge in [0.15, 0.2) is 11.8 Å². The molecule has 0 spiro atoms. The third-order valence-electron chi connectivity index (χ3n) is 5.05. The van der Waals surface area contributed by atoms with Crippen LogP contribution in [-0.2, 0) is 20.1 Å². The highest BCUT2D eigenvalue weighted by Crippen LogP contribution is 2.10. The molecule has 2 aromatic heterocycles. The van der Waals surface area contributed by atoms with Crippen LogP contribution in [-0.4, -0.2) is 52.0 Å². The zero-order valence-corrected chi connectivity index (χ0v) is 18.1. The number of guanidine groups is 1. The zero-order chi connectivity index (χ0) is 21.2. The number of nitrogens with zero attached hydrogens (tertiary/aromatic N) is 6. The highest BCUT2D eigenvalue weighted by atomic mass is 15.3. The number of aliphatic imine (C=N–C) groups is 1. The molecule has 0 fully saturated rings. The lowest BCUT2D eigenvalue weighted by molar-refractivity contribution is 0.656. The van der Waals surface area contributed by atoms with Crippen molar-refractivity contribution in [3.63, 3.8) is 0 Å². The molecule has 2 heterocycles. The minimum absolute atomic E-state index is 0.486. The van der Waals surface area contributed by atoms with Crippen LogP contribution in [0.5, 0.6) is 0 Å². The maximum atomic E-state index is 4.71. The number of para-hydroxylation sites is 1. The number of hydrogen-bond acceptors (Lipinski definition) is 4. The van der Waals surface area contributed by atoms with Crippen molar-refractivity contribution in [1.82, 2.24) is 30.0 Å². The molecule has 0 atom stereocenters. The fraction of sp³-hybridized carbons (Fsp3) is 0.409. The summed E-state index contributed by atoms with van der Waals surface area (Å²) >= 11 is 0. The fourth-order valence-electron chi connectivity index (χ4n) is 3.07. The number of anilines is 1. The van der Waals surface area contributed by atoms with Crippen molar-refractivity contribution in [2.75, 3.05) is 31.6 Å². The van der Waals surface area contributed by atoms with E-state index < -0.39 is 0 Å². The van der Waals surface area contributed by atoms with Crippen LogP contribution in [0, 0.1) is 6.92 Å². The van der Waals surface area contributed by atoms with Gasteiger partial charge in [0.1, 0.15) is 12.4 Å². The lowest BCUT2D eigenvalue weighted by atomic mass is 10.3. The van der Waals surface area contributed by atoms with Crippen molar-refractivity contribution in [2.24, 2.45) is 12.0 Å². The molecule has 0 aliphatic rings. The van der Waals surface area contributed by atoms with Crippen LogP contribution in [0.4, 0.5) is 5.69 Å². The lowest BCUT2D eigenvalue weighted by Crippen LogP contribution is -2.40. The molecular weight excluding hydrogens is 376 g/mol. The summed E-state index contributed by atoms with van der Waals surface area (Å²) < 4.78 is 4.11. The van der Waals surface area contributed by atoms with Crippen molar-refractivity contribution in [3.05, 3.63) is 66.5 Å². The first kappa shape index (κ1) is 21.4. The molecule has 160 valence electrons. The number of hydrogen-bond donors (Lipinski definition) is 2. The normalized spacial score (nSPS) is 11.5. The summed E-state index contributed by atoms with van der Waals surface area (Å²) in [6.07, 6.45) is 5.13. The fourth-order valence-corrected chi connectivity index (χ4v) is 3.07. The summed E-state index contributed by atoms with van der Waals surface area (Å²) in [5, 5.41) is 15.2. The van der Waals surface area contributed by atoms with Crippen LogP contribution >= 0.6 is 0 Å². The molecule has 0 aliphatic heterocycles. The van der Waals surface area contributed by atoms with Gasteiger partial charge in [0.2, 0.25) is 0 Å². The first-order chi connectivity index (χ1) is 14.6. The lowest BCUT2D eigenvalue weighted by Gasteiger charge is -2.20. The summed E-state index contributed by atoms with van der Waals surface area (Å²) in [6.45, 7) is 5.91. The third kappa shape index (κ3) is 6.37. The molecule has 0 saturated heterocycles. The van der Waals surface area contributed by atoms with Gasteiger partial charge in [-0.2, -0.15) is 0 Å². The van der Waals surface area contributed by atoms with E-state index in [0.29, 0.717) is 6.54 Å². The van der Waals surface area contributed by atoms with Gasteiger partial charge in [0.25, 0.3) is 0 Å². The average Bonchev–Trinajstić information content (AvgIpc) is 3.40. The number of aromatic nitrogens is 4. The van der Waals surface area contributed by atoms with Gasteiger partial charge < -0.3 is 24.7 Å². The molecule has 0 saturated carbocycles. The van der Waals surface area contributed by atoms with E-state index in [9.17, 15) is 0 Å². The van der Waals surface area contributed by atoms with Gasteiger partial charge in [-0.15, -0.1) is 10.2 Å². The van der Waals surface area contributed by atoms with E-state index in [0.717, 1.165) is 50.2 Å². The van der Waals surface area contributed by atoms with E-state index in [1.165, 1.54) is 5.69 Å². The summed E-state index contributed by atoms with van der Waals surface area (Å²) in [6, 6.07) is 14.5. The van der Waals surface area contributed by atoms with Gasteiger partial charge in [-0.05, 0) is 37.6 Å². The van der Waals surface area contributed by atoms with Crippen LogP contribution in [0.15, 0.2) is 59.9 Å².